The number of rotatable bonds is 25. The minimum Gasteiger partial charge on any atom is -0.756 e. The molecule has 0 amide bonds. The minimum absolute atomic E-state index is 0.0909. The number of phosphoric ester groups is 1. The molecule has 0 heterocycles. The monoisotopic (exact) mass is 521 g/mol. The van der Waals surface area contributed by atoms with Crippen LogP contribution in [0.5, 0.6) is 0 Å². The summed E-state index contributed by atoms with van der Waals surface area (Å²) in [4.78, 5) is 23.4. The Kier molecular flexibility index (Phi) is 21.3. The highest BCUT2D eigenvalue weighted by atomic mass is 31.2. The Morgan fingerprint density at radius 2 is 1.23 bits per heavy atom. The first kappa shape index (κ1) is 34.5. The molecule has 35 heavy (non-hydrogen) atoms. The Balaban J connectivity index is 3.82. The highest BCUT2D eigenvalue weighted by Gasteiger charge is 2.18. The fourth-order valence-corrected chi connectivity index (χ4v) is 4.86. The summed E-state index contributed by atoms with van der Waals surface area (Å²) in [5, 5.41) is 0. The van der Waals surface area contributed by atoms with Crippen LogP contribution in [-0.4, -0.2) is 57.5 Å². The number of esters is 1. The van der Waals surface area contributed by atoms with Crippen molar-refractivity contribution in [2.24, 2.45) is 0 Å². The van der Waals surface area contributed by atoms with Gasteiger partial charge in [-0.1, -0.05) is 96.8 Å². The summed E-state index contributed by atoms with van der Waals surface area (Å²) in [6, 6.07) is 0. The number of phosphoric acid groups is 1. The Morgan fingerprint density at radius 3 is 1.66 bits per heavy atom. The molecule has 0 aliphatic carbocycles. The lowest BCUT2D eigenvalue weighted by Crippen LogP contribution is -2.35. The summed E-state index contributed by atoms with van der Waals surface area (Å²) in [6.45, 7) is 4.30. The normalized spacial score (nSPS) is 14.6. The van der Waals surface area contributed by atoms with E-state index in [1.54, 1.807) is 0 Å². The zero-order valence-corrected chi connectivity index (χ0v) is 24.5. The van der Waals surface area contributed by atoms with Gasteiger partial charge in [-0.15, -0.1) is 0 Å². The average Bonchev–Trinajstić information content (AvgIpc) is 2.76. The van der Waals surface area contributed by atoms with E-state index in [1.165, 1.54) is 84.0 Å². The van der Waals surface area contributed by atoms with Crippen LogP contribution in [0.4, 0.5) is 0 Å². The summed E-state index contributed by atoms with van der Waals surface area (Å²) in [5.74, 6) is -0.427. The largest absolute Gasteiger partial charge is 0.756 e. The molecule has 0 aromatic heterocycles. The summed E-state index contributed by atoms with van der Waals surface area (Å²) in [5.41, 5.74) is 0. The Hall–Kier alpha value is -0.460. The van der Waals surface area contributed by atoms with E-state index in [0.717, 1.165) is 30.3 Å². The van der Waals surface area contributed by atoms with E-state index in [9.17, 15) is 14.3 Å². The number of carbonyl (C=O) groups excluding carboxylic acids is 1. The predicted molar refractivity (Wildman–Crippen MR) is 142 cm³/mol. The van der Waals surface area contributed by atoms with Crippen molar-refractivity contribution in [2.75, 3.05) is 40.9 Å². The lowest BCUT2D eigenvalue weighted by atomic mass is 10.0. The van der Waals surface area contributed by atoms with Crippen molar-refractivity contribution in [3.8, 4) is 0 Å². The third-order valence-electron chi connectivity index (χ3n) is 6.10. The molecular weight excluding hydrogens is 465 g/mol. The van der Waals surface area contributed by atoms with E-state index in [-0.39, 0.29) is 13.2 Å². The van der Waals surface area contributed by atoms with Gasteiger partial charge in [-0.3, -0.25) is 9.36 Å². The summed E-state index contributed by atoms with van der Waals surface area (Å²) >= 11 is 0. The first-order chi connectivity index (χ1) is 16.6. The smallest absolute Gasteiger partial charge is 0.302 e. The third kappa shape index (κ3) is 26.4. The maximum absolute atomic E-state index is 12.0. The Morgan fingerprint density at radius 1 is 0.771 bits per heavy atom. The highest BCUT2D eigenvalue weighted by molar-refractivity contribution is 7.45. The topological polar surface area (TPSA) is 84.9 Å². The van der Waals surface area contributed by atoms with Gasteiger partial charge in [0.1, 0.15) is 6.10 Å². The van der Waals surface area contributed by atoms with Crippen molar-refractivity contribution in [1.82, 2.24) is 0 Å². The molecule has 0 rings (SSSR count). The number of hydrogen-bond acceptors (Lipinski definition) is 6. The van der Waals surface area contributed by atoms with Crippen LogP contribution < -0.4 is 4.89 Å². The molecule has 0 aromatic carbocycles. The van der Waals surface area contributed by atoms with Gasteiger partial charge in [0.2, 0.25) is 0 Å². The molecule has 0 saturated heterocycles. The molecule has 2 atom stereocenters. The lowest BCUT2D eigenvalue weighted by Gasteiger charge is -2.27. The van der Waals surface area contributed by atoms with Crippen LogP contribution in [0.1, 0.15) is 123 Å². The molecule has 0 radical (unpaired) electrons. The van der Waals surface area contributed by atoms with Gasteiger partial charge in [0, 0.05) is 13.3 Å². The van der Waals surface area contributed by atoms with Gasteiger partial charge in [-0.05, 0) is 12.8 Å². The van der Waals surface area contributed by atoms with Gasteiger partial charge in [-0.25, -0.2) is 0 Å². The van der Waals surface area contributed by atoms with Crippen LogP contribution in [0, 0.1) is 0 Å². The van der Waals surface area contributed by atoms with Crippen molar-refractivity contribution in [3.63, 3.8) is 0 Å². The number of hydrogen-bond donors (Lipinski definition) is 0. The minimum atomic E-state index is -4.39. The summed E-state index contributed by atoms with van der Waals surface area (Å²) < 4.78 is 27.9. The molecule has 0 aromatic rings. The van der Waals surface area contributed by atoms with Crippen LogP contribution in [-0.2, 0) is 23.1 Å². The van der Waals surface area contributed by atoms with Crippen LogP contribution in [0.2, 0.25) is 0 Å². The Labute approximate surface area is 216 Å². The molecule has 8 heteroatoms. The zero-order valence-electron chi connectivity index (χ0n) is 23.6. The first-order valence-corrected chi connectivity index (χ1v) is 15.6. The molecule has 0 saturated carbocycles. The van der Waals surface area contributed by atoms with Gasteiger partial charge >= 0.3 is 5.97 Å². The summed E-state index contributed by atoms with van der Waals surface area (Å²) in [7, 11) is 1.72. The van der Waals surface area contributed by atoms with E-state index in [0.29, 0.717) is 12.8 Å². The van der Waals surface area contributed by atoms with Gasteiger partial charge in [0.15, 0.2) is 0 Å². The molecule has 0 spiro atoms. The second-order valence-electron chi connectivity index (χ2n) is 10.9. The molecule has 0 fully saturated rings. The van der Waals surface area contributed by atoms with Crippen molar-refractivity contribution in [2.45, 2.75) is 129 Å². The highest BCUT2D eigenvalue weighted by Crippen LogP contribution is 2.38. The molecule has 2 unspecified atom stereocenters. The van der Waals surface area contributed by atoms with Crippen molar-refractivity contribution in [3.05, 3.63) is 0 Å². The molecule has 0 bridgehead atoms. The average molecular weight is 522 g/mol. The van der Waals surface area contributed by atoms with Crippen LogP contribution in [0.25, 0.3) is 0 Å². The molecule has 0 N–H and O–H groups in total. The molecule has 0 aliphatic heterocycles. The number of quaternary nitrogens is 1. The van der Waals surface area contributed by atoms with Crippen molar-refractivity contribution < 1.29 is 32.5 Å². The molecule has 7 nitrogen and oxygen atoms in total. The molecule has 210 valence electrons. The molecule has 0 aliphatic rings. The summed E-state index contributed by atoms with van der Waals surface area (Å²) in [6.07, 6.45) is 19.9. The maximum atomic E-state index is 12.0. The SMILES string of the molecule is CCCCCCCCCCCCCCCCCC(COP(=O)([O-])OCCC[N+](C)(C)C)OC(C)=O. The number of unbranched alkanes of at least 4 members (excludes halogenated alkanes) is 14. The van der Waals surface area contributed by atoms with E-state index in [1.807, 2.05) is 21.1 Å². The van der Waals surface area contributed by atoms with Crippen LogP contribution >= 0.6 is 7.82 Å². The zero-order chi connectivity index (χ0) is 26.4. The second-order valence-corrected chi connectivity index (χ2v) is 12.3. The third-order valence-corrected chi connectivity index (χ3v) is 7.07. The number of ether oxygens (including phenoxy) is 1. The lowest BCUT2D eigenvalue weighted by molar-refractivity contribution is -0.870. The van der Waals surface area contributed by atoms with E-state index >= 15 is 0 Å². The van der Waals surface area contributed by atoms with Crippen LogP contribution in [0.15, 0.2) is 0 Å². The van der Waals surface area contributed by atoms with Gasteiger partial charge in [0.05, 0.1) is 40.9 Å². The van der Waals surface area contributed by atoms with Gasteiger partial charge in [0.25, 0.3) is 7.82 Å². The second kappa shape index (κ2) is 21.6. The fraction of sp³-hybridized carbons (Fsp3) is 0.963. The van der Waals surface area contributed by atoms with Gasteiger partial charge < -0.3 is 23.2 Å². The van der Waals surface area contributed by atoms with Gasteiger partial charge in [-0.2, -0.15) is 0 Å². The molecular formula is C27H56NO6P. The van der Waals surface area contributed by atoms with E-state index < -0.39 is 19.9 Å². The van der Waals surface area contributed by atoms with Crippen LogP contribution in [0.3, 0.4) is 0 Å². The Bertz CT molecular complexity index is 552. The number of nitrogens with zero attached hydrogens (tertiary/aromatic N) is 1. The first-order valence-electron chi connectivity index (χ1n) is 14.1. The maximum Gasteiger partial charge on any atom is 0.302 e. The van der Waals surface area contributed by atoms with Crippen molar-refractivity contribution >= 4 is 13.8 Å². The standard InChI is InChI=1S/C27H56NO6P/c1-6-7-8-9-10-11-12-13-14-15-16-17-18-19-20-22-27(34-26(2)29)25-33-35(30,31)32-24-21-23-28(3,4)5/h27H,6-25H2,1-5H3. The van der Waals surface area contributed by atoms with E-state index in [4.69, 9.17) is 13.8 Å². The van der Waals surface area contributed by atoms with E-state index in [2.05, 4.69) is 6.92 Å². The predicted octanol–water partition coefficient (Wildman–Crippen LogP) is 6.78. The quantitative estimate of drug-likeness (QED) is 0.0570. The van der Waals surface area contributed by atoms with Crippen molar-refractivity contribution in [1.29, 1.82) is 0 Å². The fourth-order valence-electron chi connectivity index (χ4n) is 4.08. The number of carbonyl (C=O) groups is 1.